The van der Waals surface area contributed by atoms with E-state index < -0.39 is 0 Å². The molecule has 2 aromatic heterocycles. The van der Waals surface area contributed by atoms with Crippen molar-refractivity contribution in [1.82, 2.24) is 15.3 Å². The van der Waals surface area contributed by atoms with E-state index in [2.05, 4.69) is 20.2 Å². The van der Waals surface area contributed by atoms with Crippen LogP contribution in [-0.4, -0.2) is 28.5 Å². The van der Waals surface area contributed by atoms with E-state index in [4.69, 9.17) is 5.73 Å². The first-order valence-corrected chi connectivity index (χ1v) is 9.17. The largest absolute Gasteiger partial charge is 0.399 e. The number of nitrogens with zero attached hydrogens (tertiary/aromatic N) is 3. The van der Waals surface area contributed by atoms with Crippen LogP contribution >= 0.6 is 11.3 Å². The highest BCUT2D eigenvalue weighted by Gasteiger charge is 2.32. The van der Waals surface area contributed by atoms with E-state index in [-0.39, 0.29) is 11.9 Å². The van der Waals surface area contributed by atoms with Gasteiger partial charge in [0.05, 0.1) is 5.39 Å². The minimum atomic E-state index is -0.195. The van der Waals surface area contributed by atoms with Gasteiger partial charge in [-0.05, 0) is 42.0 Å². The number of aromatic nitrogens is 2. The van der Waals surface area contributed by atoms with Crippen molar-refractivity contribution >= 4 is 39.0 Å². The monoisotopic (exact) mass is 353 g/mol. The summed E-state index contributed by atoms with van der Waals surface area (Å²) in [5, 5.41) is 6.06. The Balaban J connectivity index is 1.51. The second-order valence-corrected chi connectivity index (χ2v) is 7.05. The molecular weight excluding hydrogens is 334 g/mol. The van der Waals surface area contributed by atoms with Gasteiger partial charge in [-0.1, -0.05) is 12.1 Å². The highest BCUT2D eigenvalue weighted by molar-refractivity contribution is 7.16. The third-order valence-electron chi connectivity index (χ3n) is 4.49. The van der Waals surface area contributed by atoms with Crippen LogP contribution in [0.4, 0.5) is 11.5 Å². The lowest BCUT2D eigenvalue weighted by Gasteiger charge is -2.25. The number of fused-ring (bicyclic) bond motifs is 1. The average Bonchev–Trinajstić information content (AvgIpc) is 3.28. The summed E-state index contributed by atoms with van der Waals surface area (Å²) in [7, 11) is 0. The summed E-state index contributed by atoms with van der Waals surface area (Å²) in [6.07, 6.45) is 3.39. The van der Waals surface area contributed by atoms with Crippen molar-refractivity contribution in [2.24, 2.45) is 0 Å². The lowest BCUT2D eigenvalue weighted by atomic mass is 10.1. The Morgan fingerprint density at radius 1 is 1.36 bits per heavy atom. The van der Waals surface area contributed by atoms with Crippen molar-refractivity contribution in [3.05, 3.63) is 47.6 Å². The molecule has 1 amide bonds. The maximum Gasteiger partial charge on any atom is 0.243 e. The molecule has 7 heteroatoms. The Hall–Kier alpha value is -2.67. The van der Waals surface area contributed by atoms with E-state index in [9.17, 15) is 4.79 Å². The summed E-state index contributed by atoms with van der Waals surface area (Å²) in [5.74, 6) is 0.884. The minimum Gasteiger partial charge on any atom is -0.399 e. The van der Waals surface area contributed by atoms with Gasteiger partial charge in [0.15, 0.2) is 0 Å². The lowest BCUT2D eigenvalue weighted by Crippen LogP contribution is -2.43. The van der Waals surface area contributed by atoms with Crippen molar-refractivity contribution in [2.75, 3.05) is 17.2 Å². The molecule has 1 aliphatic rings. The van der Waals surface area contributed by atoms with Crippen molar-refractivity contribution < 1.29 is 4.79 Å². The van der Waals surface area contributed by atoms with Gasteiger partial charge in [-0.3, -0.25) is 4.79 Å². The number of nitrogens with two attached hydrogens (primary N) is 1. The molecule has 1 aromatic carbocycles. The Labute approximate surface area is 149 Å². The maximum atomic E-state index is 12.7. The molecule has 3 aromatic rings. The van der Waals surface area contributed by atoms with Crippen LogP contribution in [0.2, 0.25) is 0 Å². The summed E-state index contributed by atoms with van der Waals surface area (Å²) < 4.78 is 0. The summed E-state index contributed by atoms with van der Waals surface area (Å²) in [6, 6.07) is 9.40. The number of carbonyl (C=O) groups excluding carboxylic acids is 1. The van der Waals surface area contributed by atoms with Gasteiger partial charge in [0, 0.05) is 18.8 Å². The van der Waals surface area contributed by atoms with Crippen LogP contribution in [0, 0.1) is 0 Å². The van der Waals surface area contributed by atoms with Crippen molar-refractivity contribution in [3.8, 4) is 0 Å². The number of hydrogen-bond donors (Lipinski definition) is 2. The van der Waals surface area contributed by atoms with Gasteiger partial charge in [0.25, 0.3) is 0 Å². The highest BCUT2D eigenvalue weighted by Crippen LogP contribution is 2.31. The second kappa shape index (κ2) is 6.68. The molecule has 3 N–H and O–H groups in total. The van der Waals surface area contributed by atoms with E-state index in [1.165, 1.54) is 0 Å². The molecule has 0 bridgehead atoms. The number of thiophene rings is 1. The fraction of sp³-hybridized carbons (Fsp3) is 0.278. The third kappa shape index (κ3) is 3.15. The number of carbonyl (C=O) groups is 1. The molecule has 128 valence electrons. The molecule has 1 atom stereocenters. The number of hydrogen-bond acceptors (Lipinski definition) is 6. The summed E-state index contributed by atoms with van der Waals surface area (Å²) in [4.78, 5) is 24.5. The molecule has 0 saturated carbocycles. The normalized spacial score (nSPS) is 17.1. The van der Waals surface area contributed by atoms with Gasteiger partial charge in [-0.15, -0.1) is 11.3 Å². The van der Waals surface area contributed by atoms with Crippen LogP contribution in [-0.2, 0) is 11.3 Å². The first kappa shape index (κ1) is 15.8. The predicted molar refractivity (Wildman–Crippen MR) is 100 cm³/mol. The Morgan fingerprint density at radius 3 is 3.16 bits per heavy atom. The van der Waals surface area contributed by atoms with Crippen LogP contribution < -0.4 is 16.0 Å². The van der Waals surface area contributed by atoms with Gasteiger partial charge >= 0.3 is 0 Å². The summed E-state index contributed by atoms with van der Waals surface area (Å²) in [6.45, 7) is 1.31. The fourth-order valence-corrected chi connectivity index (χ4v) is 4.04. The van der Waals surface area contributed by atoms with Crippen LogP contribution in [0.15, 0.2) is 42.0 Å². The quantitative estimate of drug-likeness (QED) is 0.704. The molecule has 6 nitrogen and oxygen atoms in total. The number of anilines is 2. The van der Waals surface area contributed by atoms with E-state index >= 15 is 0 Å². The molecule has 1 fully saturated rings. The zero-order valence-electron chi connectivity index (χ0n) is 13.7. The van der Waals surface area contributed by atoms with Crippen LogP contribution in [0.1, 0.15) is 18.4 Å². The van der Waals surface area contributed by atoms with Crippen molar-refractivity contribution in [1.29, 1.82) is 0 Å². The first-order chi connectivity index (χ1) is 12.2. The molecule has 1 unspecified atom stereocenters. The number of nitrogen functional groups attached to an aromatic ring is 1. The first-order valence-electron chi connectivity index (χ1n) is 8.29. The van der Waals surface area contributed by atoms with Gasteiger partial charge in [-0.25, -0.2) is 9.97 Å². The summed E-state index contributed by atoms with van der Waals surface area (Å²) >= 11 is 1.59. The Morgan fingerprint density at radius 2 is 2.28 bits per heavy atom. The molecule has 0 radical (unpaired) electrons. The predicted octanol–water partition coefficient (Wildman–Crippen LogP) is 2.56. The zero-order valence-corrected chi connectivity index (χ0v) is 14.5. The van der Waals surface area contributed by atoms with Crippen LogP contribution in [0.25, 0.3) is 10.2 Å². The molecule has 4 rings (SSSR count). The Bertz CT molecular complexity index is 909. The third-order valence-corrected chi connectivity index (χ3v) is 5.31. The number of nitrogens with one attached hydrogen (secondary N) is 1. The van der Waals surface area contributed by atoms with E-state index in [1.54, 1.807) is 17.7 Å². The molecule has 3 heterocycles. The molecular formula is C18H19N5OS. The maximum absolute atomic E-state index is 12.7. The Kier molecular flexibility index (Phi) is 4.23. The number of rotatable bonds is 4. The van der Waals surface area contributed by atoms with Gasteiger partial charge in [-0.2, -0.15) is 0 Å². The minimum absolute atomic E-state index is 0.0296. The van der Waals surface area contributed by atoms with E-state index in [1.807, 2.05) is 35.7 Å². The molecule has 0 aliphatic carbocycles. The molecule has 0 spiro atoms. The van der Waals surface area contributed by atoms with Crippen LogP contribution in [0.3, 0.4) is 0 Å². The lowest BCUT2D eigenvalue weighted by molar-refractivity contribution is -0.122. The highest BCUT2D eigenvalue weighted by atomic mass is 32.1. The number of benzene rings is 1. The standard InChI is InChI=1S/C18H19N5OS/c19-13-4-1-3-12(9-13)10-20-17(24)15-5-2-7-23(15)16-14-6-8-25-18(14)22-11-21-16/h1,3-4,6,8-9,11,15H,2,5,7,10,19H2,(H,20,24). The smallest absolute Gasteiger partial charge is 0.243 e. The van der Waals surface area contributed by atoms with Gasteiger partial charge < -0.3 is 16.0 Å². The van der Waals surface area contributed by atoms with Crippen molar-refractivity contribution in [3.63, 3.8) is 0 Å². The topological polar surface area (TPSA) is 84.1 Å². The molecule has 1 saturated heterocycles. The zero-order chi connectivity index (χ0) is 17.2. The number of amides is 1. The SMILES string of the molecule is Nc1cccc(CNC(=O)C2CCCN2c2ncnc3sccc23)c1. The molecule has 25 heavy (non-hydrogen) atoms. The fourth-order valence-electron chi connectivity index (χ4n) is 3.31. The van der Waals surface area contributed by atoms with Crippen molar-refractivity contribution in [2.45, 2.75) is 25.4 Å². The van der Waals surface area contributed by atoms with Crippen LogP contribution in [0.5, 0.6) is 0 Å². The van der Waals surface area contributed by atoms with E-state index in [0.717, 1.165) is 41.0 Å². The van der Waals surface area contributed by atoms with Gasteiger partial charge in [0.1, 0.15) is 23.0 Å². The molecule has 1 aliphatic heterocycles. The van der Waals surface area contributed by atoms with E-state index in [0.29, 0.717) is 12.2 Å². The van der Waals surface area contributed by atoms with Gasteiger partial charge in [0.2, 0.25) is 5.91 Å². The average molecular weight is 353 g/mol. The summed E-state index contributed by atoms with van der Waals surface area (Å²) in [5.41, 5.74) is 7.50. The second-order valence-electron chi connectivity index (χ2n) is 6.15.